The van der Waals surface area contributed by atoms with Gasteiger partial charge in [-0.25, -0.2) is 0 Å². The molecule has 4 saturated carbocycles. The molecule has 1 aromatic carbocycles. The molecule has 2 unspecified atom stereocenters. The lowest BCUT2D eigenvalue weighted by Gasteiger charge is -2.58. The van der Waals surface area contributed by atoms with Crippen molar-refractivity contribution in [2.75, 3.05) is 6.79 Å². The average molecular weight is 335 g/mol. The molecule has 4 bridgehead atoms. The van der Waals surface area contributed by atoms with Gasteiger partial charge in [0.15, 0.2) is 11.5 Å². The van der Waals surface area contributed by atoms with Gasteiger partial charge in [-0.05, 0) is 62.5 Å². The minimum atomic E-state index is -0.387. The van der Waals surface area contributed by atoms with E-state index in [4.69, 9.17) is 25.8 Å². The summed E-state index contributed by atoms with van der Waals surface area (Å²) >= 11 is 6.80. The summed E-state index contributed by atoms with van der Waals surface area (Å²) in [5.74, 6) is 2.90. The molecule has 0 saturated heterocycles. The second-order valence-electron chi connectivity index (χ2n) is 7.80. The summed E-state index contributed by atoms with van der Waals surface area (Å²) < 4.78 is 16.4. The van der Waals surface area contributed by atoms with E-state index >= 15 is 0 Å². The molecule has 0 radical (unpaired) electrons. The Bertz CT molecular complexity index is 672. The summed E-state index contributed by atoms with van der Waals surface area (Å²) in [6.45, 7) is 0.217. The summed E-state index contributed by atoms with van der Waals surface area (Å²) in [4.78, 5) is 12.8. The highest BCUT2D eigenvalue weighted by atomic mass is 35.5. The number of carbonyl (C=O) groups is 1. The van der Waals surface area contributed by atoms with Gasteiger partial charge in [0, 0.05) is 10.9 Å². The average Bonchev–Trinajstić information content (AvgIpc) is 2.92. The number of rotatable bonds is 2. The number of benzene rings is 1. The van der Waals surface area contributed by atoms with Gasteiger partial charge in [0.05, 0.1) is 5.41 Å². The zero-order valence-electron chi connectivity index (χ0n) is 12.8. The molecular formula is C18H19ClO4. The number of hydrogen-bond donors (Lipinski definition) is 0. The molecule has 122 valence electrons. The number of carbonyl (C=O) groups excluding carboxylic acids is 1. The lowest BCUT2D eigenvalue weighted by Crippen LogP contribution is -2.56. The highest BCUT2D eigenvalue weighted by molar-refractivity contribution is 6.24. The topological polar surface area (TPSA) is 44.8 Å². The van der Waals surface area contributed by atoms with E-state index in [9.17, 15) is 4.79 Å². The van der Waals surface area contributed by atoms with Gasteiger partial charge < -0.3 is 14.2 Å². The normalized spacial score (nSPS) is 39.5. The van der Waals surface area contributed by atoms with E-state index in [1.54, 1.807) is 18.2 Å². The van der Waals surface area contributed by atoms with E-state index in [1.807, 2.05) is 0 Å². The van der Waals surface area contributed by atoms with Crippen molar-refractivity contribution in [2.24, 2.45) is 17.3 Å². The standard InChI is InChI=1S/C18H19ClO4/c19-18-7-11-3-12(8-18)6-17(5-11,9-18)16(20)23-13-1-2-14-15(4-13)22-10-21-14/h1-2,4,11-12H,3,5-10H2. The summed E-state index contributed by atoms with van der Waals surface area (Å²) in [5, 5.41) is 0. The van der Waals surface area contributed by atoms with E-state index < -0.39 is 0 Å². The number of alkyl halides is 1. The summed E-state index contributed by atoms with van der Waals surface area (Å²) in [6.07, 6.45) is 5.97. The summed E-state index contributed by atoms with van der Waals surface area (Å²) in [5.41, 5.74) is -0.387. The largest absolute Gasteiger partial charge is 0.454 e. The number of esters is 1. The highest BCUT2D eigenvalue weighted by Crippen LogP contribution is 2.64. The Hall–Kier alpha value is -1.42. The fourth-order valence-corrected chi connectivity index (χ4v) is 6.24. The quantitative estimate of drug-likeness (QED) is 0.467. The Morgan fingerprint density at radius 2 is 1.87 bits per heavy atom. The molecule has 5 heteroatoms. The second kappa shape index (κ2) is 4.56. The molecule has 4 fully saturated rings. The first kappa shape index (κ1) is 14.0. The van der Waals surface area contributed by atoms with Crippen LogP contribution in [0.4, 0.5) is 0 Å². The van der Waals surface area contributed by atoms with Crippen molar-refractivity contribution in [1.82, 2.24) is 0 Å². The van der Waals surface area contributed by atoms with Crippen molar-refractivity contribution in [1.29, 1.82) is 0 Å². The van der Waals surface area contributed by atoms with E-state index in [-0.39, 0.29) is 23.1 Å². The maximum absolute atomic E-state index is 13.0. The Morgan fingerprint density at radius 1 is 1.13 bits per heavy atom. The molecule has 0 spiro atoms. The van der Waals surface area contributed by atoms with Crippen LogP contribution in [0.25, 0.3) is 0 Å². The van der Waals surface area contributed by atoms with Crippen LogP contribution < -0.4 is 14.2 Å². The smallest absolute Gasteiger partial charge is 0.317 e. The highest BCUT2D eigenvalue weighted by Gasteiger charge is 2.60. The maximum Gasteiger partial charge on any atom is 0.317 e. The zero-order chi connectivity index (χ0) is 15.7. The predicted octanol–water partition coefficient (Wildman–Crippen LogP) is 3.90. The lowest BCUT2D eigenvalue weighted by atomic mass is 9.49. The van der Waals surface area contributed by atoms with E-state index in [1.165, 1.54) is 6.42 Å². The Morgan fingerprint density at radius 3 is 2.61 bits per heavy atom. The summed E-state index contributed by atoms with van der Waals surface area (Å²) in [6, 6.07) is 5.28. The first-order chi connectivity index (χ1) is 11.0. The van der Waals surface area contributed by atoms with Gasteiger partial charge in [-0.1, -0.05) is 0 Å². The first-order valence-corrected chi connectivity index (χ1v) is 8.72. The van der Waals surface area contributed by atoms with E-state index in [0.717, 1.165) is 32.1 Å². The van der Waals surface area contributed by atoms with Gasteiger partial charge in [-0.15, -0.1) is 11.6 Å². The third-order valence-corrected chi connectivity index (χ3v) is 6.42. The third-order valence-electron chi connectivity index (χ3n) is 5.98. The molecule has 4 aliphatic carbocycles. The van der Waals surface area contributed by atoms with Crippen LogP contribution in [-0.2, 0) is 4.79 Å². The van der Waals surface area contributed by atoms with Crippen molar-refractivity contribution in [3.8, 4) is 17.2 Å². The number of fused-ring (bicyclic) bond motifs is 1. The van der Waals surface area contributed by atoms with Crippen LogP contribution >= 0.6 is 11.6 Å². The molecular weight excluding hydrogens is 316 g/mol. The molecule has 0 aromatic heterocycles. The molecule has 0 amide bonds. The van der Waals surface area contributed by atoms with Crippen molar-refractivity contribution in [3.05, 3.63) is 18.2 Å². The Kier molecular flexibility index (Phi) is 2.77. The molecule has 6 rings (SSSR count). The van der Waals surface area contributed by atoms with Crippen LogP contribution in [0.1, 0.15) is 38.5 Å². The molecule has 1 aromatic rings. The van der Waals surface area contributed by atoms with Crippen LogP contribution in [0.5, 0.6) is 17.2 Å². The van der Waals surface area contributed by atoms with E-state index in [2.05, 4.69) is 0 Å². The minimum Gasteiger partial charge on any atom is -0.454 e. The zero-order valence-corrected chi connectivity index (χ0v) is 13.6. The van der Waals surface area contributed by atoms with Crippen LogP contribution in [0.15, 0.2) is 18.2 Å². The molecule has 0 N–H and O–H groups in total. The predicted molar refractivity (Wildman–Crippen MR) is 83.9 cm³/mol. The molecule has 2 atom stereocenters. The fraction of sp³-hybridized carbons (Fsp3) is 0.611. The first-order valence-electron chi connectivity index (χ1n) is 8.35. The van der Waals surface area contributed by atoms with Gasteiger partial charge in [0.1, 0.15) is 5.75 Å². The molecule has 5 aliphatic rings. The fourth-order valence-electron chi connectivity index (χ4n) is 5.55. The van der Waals surface area contributed by atoms with Gasteiger partial charge in [0.25, 0.3) is 0 Å². The molecule has 1 heterocycles. The van der Waals surface area contributed by atoms with Crippen LogP contribution in [0, 0.1) is 17.3 Å². The van der Waals surface area contributed by atoms with Crippen LogP contribution in [0.2, 0.25) is 0 Å². The number of halogens is 1. The van der Waals surface area contributed by atoms with E-state index in [0.29, 0.717) is 29.1 Å². The maximum atomic E-state index is 13.0. The lowest BCUT2D eigenvalue weighted by molar-refractivity contribution is -0.160. The molecule has 23 heavy (non-hydrogen) atoms. The van der Waals surface area contributed by atoms with Gasteiger partial charge >= 0.3 is 5.97 Å². The van der Waals surface area contributed by atoms with Crippen molar-refractivity contribution >= 4 is 17.6 Å². The van der Waals surface area contributed by atoms with Crippen molar-refractivity contribution < 1.29 is 19.0 Å². The SMILES string of the molecule is O=C(Oc1ccc2c(c1)OCO2)C12CC3CC(CC(Cl)(C3)C1)C2. The second-order valence-corrected chi connectivity index (χ2v) is 8.60. The van der Waals surface area contributed by atoms with Gasteiger partial charge in [0.2, 0.25) is 6.79 Å². The van der Waals surface area contributed by atoms with Crippen molar-refractivity contribution in [2.45, 2.75) is 43.4 Å². The van der Waals surface area contributed by atoms with Crippen LogP contribution in [0.3, 0.4) is 0 Å². The Labute approximate surface area is 140 Å². The van der Waals surface area contributed by atoms with Crippen molar-refractivity contribution in [3.63, 3.8) is 0 Å². The number of ether oxygens (including phenoxy) is 3. The summed E-state index contributed by atoms with van der Waals surface area (Å²) in [7, 11) is 0. The van der Waals surface area contributed by atoms with Crippen LogP contribution in [-0.4, -0.2) is 17.6 Å². The minimum absolute atomic E-state index is 0.115. The molecule has 1 aliphatic heterocycles. The number of hydrogen-bond acceptors (Lipinski definition) is 4. The monoisotopic (exact) mass is 334 g/mol. The molecule has 4 nitrogen and oxygen atoms in total. The third kappa shape index (κ3) is 2.14. The Balaban J connectivity index is 1.40. The van der Waals surface area contributed by atoms with Gasteiger partial charge in [-0.2, -0.15) is 0 Å². The van der Waals surface area contributed by atoms with Gasteiger partial charge in [-0.3, -0.25) is 4.79 Å².